The highest BCUT2D eigenvalue weighted by Gasteiger charge is 2.31. The van der Waals surface area contributed by atoms with E-state index in [2.05, 4.69) is 11.6 Å². The van der Waals surface area contributed by atoms with Gasteiger partial charge < -0.3 is 4.90 Å². The van der Waals surface area contributed by atoms with Crippen molar-refractivity contribution in [3.05, 3.63) is 40.5 Å². The maximum Gasteiger partial charge on any atom is 0.328 e. The van der Waals surface area contributed by atoms with Gasteiger partial charge in [-0.15, -0.1) is 6.58 Å². The number of anilines is 1. The minimum Gasteiger partial charge on any atom is -0.312 e. The Bertz CT molecular complexity index is 850. The Balaban J connectivity index is 2.09. The number of hydrogen-bond acceptors (Lipinski definition) is 6. The largest absolute Gasteiger partial charge is 0.328 e. The summed E-state index contributed by atoms with van der Waals surface area (Å²) >= 11 is 1.31. The van der Waals surface area contributed by atoms with Crippen LogP contribution in [0.4, 0.5) is 15.6 Å². The van der Waals surface area contributed by atoms with Crippen LogP contribution < -0.4 is 4.90 Å². The molecule has 0 spiro atoms. The number of rotatable bonds is 5. The van der Waals surface area contributed by atoms with E-state index in [-0.39, 0.29) is 11.7 Å². The van der Waals surface area contributed by atoms with Crippen LogP contribution in [-0.4, -0.2) is 52.7 Å². The van der Waals surface area contributed by atoms with Crippen molar-refractivity contribution in [2.75, 3.05) is 31.8 Å². The van der Waals surface area contributed by atoms with Crippen LogP contribution in [0.1, 0.15) is 12.5 Å². The van der Waals surface area contributed by atoms with E-state index in [1.54, 1.807) is 21.9 Å². The number of carbonyl (C=O) groups excluding carboxylic acids is 1. The first-order valence-electron chi connectivity index (χ1n) is 7.89. The summed E-state index contributed by atoms with van der Waals surface area (Å²) in [4.78, 5) is 33.4. The standard InChI is InChI=1S/C16H19N5O3S/c1-4-6-11-13(21(23)24)8-7-12-14(11)25-15(17-12)20-10-18(3)9-19(5-2)16(20)22/h4,7-8H,1,5-6,9-10H2,2-3H3. The fraction of sp³-hybridized carbons (Fsp3) is 0.375. The summed E-state index contributed by atoms with van der Waals surface area (Å²) in [6, 6.07) is 3.00. The molecule has 0 N–H and O–H groups in total. The molecule has 0 atom stereocenters. The number of amides is 2. The Morgan fingerprint density at radius 3 is 2.84 bits per heavy atom. The van der Waals surface area contributed by atoms with E-state index in [1.165, 1.54) is 17.4 Å². The van der Waals surface area contributed by atoms with Gasteiger partial charge >= 0.3 is 6.03 Å². The van der Waals surface area contributed by atoms with Gasteiger partial charge in [-0.3, -0.25) is 19.9 Å². The summed E-state index contributed by atoms with van der Waals surface area (Å²) in [7, 11) is 1.93. The van der Waals surface area contributed by atoms with Gasteiger partial charge in [0, 0.05) is 12.6 Å². The Hall–Kier alpha value is -2.52. The number of allylic oxidation sites excluding steroid dienone is 1. The number of carbonyl (C=O) groups is 1. The maximum atomic E-state index is 12.6. The summed E-state index contributed by atoms with van der Waals surface area (Å²) in [6.45, 7) is 7.24. The lowest BCUT2D eigenvalue weighted by molar-refractivity contribution is -0.385. The monoisotopic (exact) mass is 361 g/mol. The van der Waals surface area contributed by atoms with Crippen molar-refractivity contribution in [1.82, 2.24) is 14.8 Å². The van der Waals surface area contributed by atoms with Crippen molar-refractivity contribution in [3.8, 4) is 0 Å². The van der Waals surface area contributed by atoms with E-state index in [1.807, 2.05) is 18.9 Å². The number of nitro groups is 1. The molecule has 132 valence electrons. The molecule has 1 aromatic carbocycles. The quantitative estimate of drug-likeness (QED) is 0.464. The second kappa shape index (κ2) is 6.77. The average molecular weight is 361 g/mol. The molecule has 25 heavy (non-hydrogen) atoms. The van der Waals surface area contributed by atoms with Gasteiger partial charge in [-0.25, -0.2) is 9.78 Å². The summed E-state index contributed by atoms with van der Waals surface area (Å²) in [6.07, 6.45) is 2.02. The van der Waals surface area contributed by atoms with E-state index in [4.69, 9.17) is 0 Å². The van der Waals surface area contributed by atoms with Crippen molar-refractivity contribution in [3.63, 3.8) is 0 Å². The highest BCUT2D eigenvalue weighted by Crippen LogP contribution is 2.37. The zero-order chi connectivity index (χ0) is 18.1. The molecule has 2 aromatic rings. The average Bonchev–Trinajstić information content (AvgIpc) is 3.01. The number of fused-ring (bicyclic) bond motifs is 1. The number of nitro benzene ring substituents is 1. The summed E-state index contributed by atoms with van der Waals surface area (Å²) < 4.78 is 0.730. The van der Waals surface area contributed by atoms with Crippen LogP contribution in [-0.2, 0) is 6.42 Å². The second-order valence-corrected chi connectivity index (χ2v) is 6.84. The predicted octanol–water partition coefficient (Wildman–Crippen LogP) is 3.04. The number of thiazole rings is 1. The van der Waals surface area contributed by atoms with Gasteiger partial charge in [-0.05, 0) is 26.5 Å². The molecule has 1 aliphatic rings. The Morgan fingerprint density at radius 1 is 1.44 bits per heavy atom. The Kier molecular flexibility index (Phi) is 4.69. The minimum absolute atomic E-state index is 0.0554. The summed E-state index contributed by atoms with van der Waals surface area (Å²) in [5.74, 6) is 0. The van der Waals surface area contributed by atoms with Crippen molar-refractivity contribution in [2.45, 2.75) is 13.3 Å². The summed E-state index contributed by atoms with van der Waals surface area (Å²) in [5, 5.41) is 11.9. The third kappa shape index (κ3) is 3.08. The molecule has 0 bridgehead atoms. The van der Waals surface area contributed by atoms with Crippen LogP contribution in [0.5, 0.6) is 0 Å². The van der Waals surface area contributed by atoms with Crippen LogP contribution in [0.2, 0.25) is 0 Å². The van der Waals surface area contributed by atoms with Gasteiger partial charge in [0.25, 0.3) is 5.69 Å². The van der Waals surface area contributed by atoms with Gasteiger partial charge in [0.1, 0.15) is 0 Å². The van der Waals surface area contributed by atoms with E-state index in [0.717, 1.165) is 4.70 Å². The second-order valence-electron chi connectivity index (χ2n) is 5.86. The molecule has 0 radical (unpaired) electrons. The summed E-state index contributed by atoms with van der Waals surface area (Å²) in [5.41, 5.74) is 1.30. The van der Waals surface area contributed by atoms with E-state index >= 15 is 0 Å². The SMILES string of the molecule is C=CCc1c([N+](=O)[O-])ccc2nc(N3CN(C)CN(CC)C3=O)sc12. The predicted molar refractivity (Wildman–Crippen MR) is 97.9 cm³/mol. The van der Waals surface area contributed by atoms with Gasteiger partial charge in [-0.1, -0.05) is 17.4 Å². The molecule has 1 saturated heterocycles. The van der Waals surface area contributed by atoms with Crippen LogP contribution in [0.3, 0.4) is 0 Å². The smallest absolute Gasteiger partial charge is 0.312 e. The van der Waals surface area contributed by atoms with E-state index in [0.29, 0.717) is 42.5 Å². The molecular formula is C16H19N5O3S. The first-order valence-corrected chi connectivity index (χ1v) is 8.70. The molecule has 2 heterocycles. The minimum atomic E-state index is -0.393. The van der Waals surface area contributed by atoms with Crippen LogP contribution in [0.25, 0.3) is 10.2 Å². The third-order valence-corrected chi connectivity index (χ3v) is 5.23. The molecule has 8 nitrogen and oxygen atoms in total. The van der Waals surface area contributed by atoms with Gasteiger partial charge in [0.2, 0.25) is 0 Å². The van der Waals surface area contributed by atoms with Gasteiger partial charge in [0.05, 0.1) is 34.0 Å². The molecule has 1 aromatic heterocycles. The van der Waals surface area contributed by atoms with Crippen molar-refractivity contribution >= 4 is 38.4 Å². The third-order valence-electron chi connectivity index (χ3n) is 4.08. The molecule has 3 rings (SSSR count). The van der Waals surface area contributed by atoms with E-state index < -0.39 is 4.92 Å². The van der Waals surface area contributed by atoms with Crippen LogP contribution in [0.15, 0.2) is 24.8 Å². The number of benzene rings is 1. The van der Waals surface area contributed by atoms with Gasteiger partial charge in [0.15, 0.2) is 5.13 Å². The van der Waals surface area contributed by atoms with Crippen molar-refractivity contribution < 1.29 is 9.72 Å². The van der Waals surface area contributed by atoms with Crippen LogP contribution in [0, 0.1) is 10.1 Å². The molecule has 2 amide bonds. The molecular weight excluding hydrogens is 342 g/mol. The molecule has 0 unspecified atom stereocenters. The lowest BCUT2D eigenvalue weighted by Gasteiger charge is -2.38. The number of aromatic nitrogens is 1. The molecule has 0 saturated carbocycles. The van der Waals surface area contributed by atoms with Crippen LogP contribution >= 0.6 is 11.3 Å². The first-order chi connectivity index (χ1) is 12.0. The first kappa shape index (κ1) is 17.3. The molecule has 0 aliphatic carbocycles. The highest BCUT2D eigenvalue weighted by atomic mass is 32.1. The fourth-order valence-electron chi connectivity index (χ4n) is 2.90. The number of nitrogens with zero attached hydrogens (tertiary/aromatic N) is 5. The Morgan fingerprint density at radius 2 is 2.20 bits per heavy atom. The topological polar surface area (TPSA) is 82.8 Å². The van der Waals surface area contributed by atoms with Crippen molar-refractivity contribution in [2.24, 2.45) is 0 Å². The number of urea groups is 1. The van der Waals surface area contributed by atoms with Crippen molar-refractivity contribution in [1.29, 1.82) is 0 Å². The normalized spacial score (nSPS) is 15.8. The highest BCUT2D eigenvalue weighted by molar-refractivity contribution is 7.22. The zero-order valence-corrected chi connectivity index (χ0v) is 15.0. The molecule has 9 heteroatoms. The molecule has 1 aliphatic heterocycles. The molecule has 1 fully saturated rings. The maximum absolute atomic E-state index is 12.6. The van der Waals surface area contributed by atoms with E-state index in [9.17, 15) is 14.9 Å². The Labute approximate surface area is 149 Å². The number of hydrogen-bond donors (Lipinski definition) is 0. The zero-order valence-electron chi connectivity index (χ0n) is 14.1. The fourth-order valence-corrected chi connectivity index (χ4v) is 4.00. The lowest BCUT2D eigenvalue weighted by Crippen LogP contribution is -2.56. The lowest BCUT2D eigenvalue weighted by atomic mass is 10.1. The van der Waals surface area contributed by atoms with Gasteiger partial charge in [-0.2, -0.15) is 0 Å².